The first-order chi connectivity index (χ1) is 6.32. The summed E-state index contributed by atoms with van der Waals surface area (Å²) < 4.78 is 22.1. The van der Waals surface area contributed by atoms with Gasteiger partial charge in [-0.1, -0.05) is 17.7 Å². The number of sulfonamides is 1. The van der Waals surface area contributed by atoms with Gasteiger partial charge >= 0.3 is 7.12 Å². The summed E-state index contributed by atoms with van der Waals surface area (Å²) in [4.78, 5) is -0.266. The van der Waals surface area contributed by atoms with Gasteiger partial charge in [-0.05, 0) is 13.0 Å². The molecule has 0 saturated carbocycles. The number of benzene rings is 1. The van der Waals surface area contributed by atoms with Crippen molar-refractivity contribution >= 4 is 22.6 Å². The molecule has 4 N–H and O–H groups in total. The number of aryl methyl sites for hydroxylation is 1. The third kappa shape index (κ3) is 2.33. The second kappa shape index (κ2) is 3.70. The third-order valence-corrected chi connectivity index (χ3v) is 2.73. The van der Waals surface area contributed by atoms with Crippen molar-refractivity contribution in [3.05, 3.63) is 23.8 Å². The van der Waals surface area contributed by atoms with Crippen LogP contribution < -0.4 is 10.6 Å². The van der Waals surface area contributed by atoms with Gasteiger partial charge in [0.05, 0.1) is 4.90 Å². The second-order valence-electron chi connectivity index (χ2n) is 2.96. The molecule has 0 amide bonds. The monoisotopic (exact) mass is 215 g/mol. The van der Waals surface area contributed by atoms with Crippen LogP contribution in [-0.4, -0.2) is 25.6 Å². The molecule has 1 aromatic carbocycles. The molecule has 0 aliphatic heterocycles. The molecular formula is C7H10BNO4S. The quantitative estimate of drug-likeness (QED) is 0.513. The summed E-state index contributed by atoms with van der Waals surface area (Å²) in [5.41, 5.74) is 0.619. The van der Waals surface area contributed by atoms with E-state index in [-0.39, 0.29) is 10.4 Å². The first-order valence-electron chi connectivity index (χ1n) is 3.82. The van der Waals surface area contributed by atoms with Crippen LogP contribution in [0.1, 0.15) is 5.56 Å². The number of rotatable bonds is 2. The number of primary sulfonamides is 1. The number of hydrogen-bond acceptors (Lipinski definition) is 4. The van der Waals surface area contributed by atoms with Crippen molar-refractivity contribution in [2.24, 2.45) is 5.14 Å². The van der Waals surface area contributed by atoms with Crippen molar-refractivity contribution in [3.63, 3.8) is 0 Å². The Morgan fingerprint density at radius 3 is 2.36 bits per heavy atom. The molecule has 1 aromatic rings. The van der Waals surface area contributed by atoms with E-state index in [1.807, 2.05) is 0 Å². The zero-order valence-corrected chi connectivity index (χ0v) is 8.32. The van der Waals surface area contributed by atoms with Crippen LogP contribution in [0.3, 0.4) is 0 Å². The van der Waals surface area contributed by atoms with Gasteiger partial charge < -0.3 is 10.0 Å². The minimum absolute atomic E-state index is 0.104. The maximum atomic E-state index is 11.0. The van der Waals surface area contributed by atoms with E-state index in [0.717, 1.165) is 5.56 Å². The fourth-order valence-electron chi connectivity index (χ4n) is 1.13. The summed E-state index contributed by atoms with van der Waals surface area (Å²) in [5.74, 6) is 0. The molecule has 0 aliphatic rings. The summed E-state index contributed by atoms with van der Waals surface area (Å²) in [6, 6.07) is 4.15. The highest BCUT2D eigenvalue weighted by molar-refractivity contribution is 7.89. The molecule has 5 nitrogen and oxygen atoms in total. The van der Waals surface area contributed by atoms with Crippen molar-refractivity contribution in [2.45, 2.75) is 11.8 Å². The minimum atomic E-state index is -3.92. The zero-order valence-electron chi connectivity index (χ0n) is 7.51. The predicted octanol–water partition coefficient (Wildman–Crippen LogP) is -1.68. The number of nitrogens with two attached hydrogens (primary N) is 1. The van der Waals surface area contributed by atoms with E-state index >= 15 is 0 Å². The lowest BCUT2D eigenvalue weighted by Crippen LogP contribution is -2.36. The van der Waals surface area contributed by atoms with Crippen LogP contribution in [-0.2, 0) is 10.0 Å². The Morgan fingerprint density at radius 1 is 1.36 bits per heavy atom. The van der Waals surface area contributed by atoms with Crippen LogP contribution in [0.4, 0.5) is 0 Å². The van der Waals surface area contributed by atoms with Gasteiger partial charge in [0.15, 0.2) is 0 Å². The van der Waals surface area contributed by atoms with E-state index in [2.05, 4.69) is 0 Å². The Bertz CT molecular complexity index is 443. The maximum Gasteiger partial charge on any atom is 0.489 e. The molecule has 0 bridgehead atoms. The van der Waals surface area contributed by atoms with E-state index in [0.29, 0.717) is 0 Å². The molecule has 0 heterocycles. The summed E-state index contributed by atoms with van der Waals surface area (Å²) in [7, 11) is -5.76. The largest absolute Gasteiger partial charge is 0.489 e. The summed E-state index contributed by atoms with van der Waals surface area (Å²) in [6.45, 7) is 1.71. The highest BCUT2D eigenvalue weighted by atomic mass is 32.2. The van der Waals surface area contributed by atoms with Crippen LogP contribution in [0.15, 0.2) is 23.1 Å². The van der Waals surface area contributed by atoms with E-state index in [1.54, 1.807) is 6.92 Å². The lowest BCUT2D eigenvalue weighted by Gasteiger charge is -2.07. The van der Waals surface area contributed by atoms with Crippen LogP contribution in [0.5, 0.6) is 0 Å². The van der Waals surface area contributed by atoms with E-state index in [4.69, 9.17) is 15.2 Å². The Hall–Kier alpha value is -0.885. The van der Waals surface area contributed by atoms with Crippen LogP contribution in [0.25, 0.3) is 0 Å². The van der Waals surface area contributed by atoms with Crippen molar-refractivity contribution in [3.8, 4) is 0 Å². The van der Waals surface area contributed by atoms with E-state index in [9.17, 15) is 8.42 Å². The summed E-state index contributed by atoms with van der Waals surface area (Å²) in [6.07, 6.45) is 0. The van der Waals surface area contributed by atoms with Crippen molar-refractivity contribution in [1.29, 1.82) is 0 Å². The molecule has 0 radical (unpaired) electrons. The molecule has 76 valence electrons. The fourth-order valence-corrected chi connectivity index (χ4v) is 1.88. The van der Waals surface area contributed by atoms with Crippen molar-refractivity contribution < 1.29 is 18.5 Å². The molecule has 0 unspecified atom stereocenters. The number of hydrogen-bond donors (Lipinski definition) is 3. The van der Waals surface area contributed by atoms with E-state index in [1.165, 1.54) is 18.2 Å². The first-order valence-corrected chi connectivity index (χ1v) is 5.36. The molecule has 0 fully saturated rings. The molecule has 0 aromatic heterocycles. The molecule has 0 saturated heterocycles. The zero-order chi connectivity index (χ0) is 10.9. The van der Waals surface area contributed by atoms with Gasteiger partial charge in [-0.25, -0.2) is 13.6 Å². The van der Waals surface area contributed by atoms with E-state index < -0.39 is 17.1 Å². The maximum absolute atomic E-state index is 11.0. The minimum Gasteiger partial charge on any atom is -0.423 e. The Kier molecular flexibility index (Phi) is 2.96. The Morgan fingerprint density at radius 2 is 1.93 bits per heavy atom. The van der Waals surface area contributed by atoms with Gasteiger partial charge in [0.25, 0.3) is 0 Å². The standard InChI is InChI=1S/C7H10BNO4S/c1-5-2-3-7(14(9,12)13)6(4-5)8(10)11/h2-4,10-11H,1H3,(H2,9,12,13). The van der Waals surface area contributed by atoms with Gasteiger partial charge in [0.2, 0.25) is 10.0 Å². The van der Waals surface area contributed by atoms with Crippen LogP contribution in [0.2, 0.25) is 0 Å². The normalized spacial score (nSPS) is 11.4. The first kappa shape index (κ1) is 11.2. The highest BCUT2D eigenvalue weighted by Crippen LogP contribution is 2.06. The van der Waals surface area contributed by atoms with Crippen molar-refractivity contribution in [2.75, 3.05) is 0 Å². The molecule has 0 aliphatic carbocycles. The van der Waals surface area contributed by atoms with Crippen LogP contribution in [0, 0.1) is 6.92 Å². The fraction of sp³-hybridized carbons (Fsp3) is 0.143. The smallest absolute Gasteiger partial charge is 0.423 e. The third-order valence-electron chi connectivity index (χ3n) is 1.75. The predicted molar refractivity (Wildman–Crippen MR) is 52.4 cm³/mol. The lowest BCUT2D eigenvalue weighted by molar-refractivity contribution is 0.424. The van der Waals surface area contributed by atoms with Gasteiger partial charge in [0, 0.05) is 5.46 Å². The summed E-state index contributed by atoms with van der Waals surface area (Å²) in [5, 5.41) is 22.8. The molecule has 14 heavy (non-hydrogen) atoms. The van der Waals surface area contributed by atoms with Gasteiger partial charge in [-0.2, -0.15) is 0 Å². The average molecular weight is 215 g/mol. The van der Waals surface area contributed by atoms with Crippen molar-refractivity contribution in [1.82, 2.24) is 0 Å². The Balaban J connectivity index is 3.45. The highest BCUT2D eigenvalue weighted by Gasteiger charge is 2.22. The molecule has 1 rings (SSSR count). The molecule has 7 heteroatoms. The SMILES string of the molecule is Cc1ccc(S(N)(=O)=O)c(B(O)O)c1. The molecule has 0 atom stereocenters. The topological polar surface area (TPSA) is 101 Å². The lowest BCUT2D eigenvalue weighted by atomic mass is 9.79. The molecule has 0 spiro atoms. The van der Waals surface area contributed by atoms with Gasteiger partial charge in [0.1, 0.15) is 0 Å². The Labute approximate surface area is 82.4 Å². The molecular weight excluding hydrogens is 205 g/mol. The second-order valence-corrected chi connectivity index (χ2v) is 4.49. The van der Waals surface area contributed by atoms with Gasteiger partial charge in [-0.3, -0.25) is 0 Å². The van der Waals surface area contributed by atoms with Gasteiger partial charge in [-0.15, -0.1) is 0 Å². The summed E-state index contributed by atoms with van der Waals surface area (Å²) >= 11 is 0. The van der Waals surface area contributed by atoms with Crippen LogP contribution >= 0.6 is 0 Å². The average Bonchev–Trinajstić information content (AvgIpc) is 2.01.